The number of hydrogen-bond acceptors (Lipinski definition) is 3. The predicted molar refractivity (Wildman–Crippen MR) is 84.7 cm³/mol. The van der Waals surface area contributed by atoms with Gasteiger partial charge < -0.3 is 15.0 Å². The highest BCUT2D eigenvalue weighted by Gasteiger charge is 2.33. The molecule has 0 aliphatic carbocycles. The van der Waals surface area contributed by atoms with Crippen LogP contribution in [0.2, 0.25) is 0 Å². The summed E-state index contributed by atoms with van der Waals surface area (Å²) < 4.78 is 53.3. The quantitative estimate of drug-likeness (QED) is 0.820. The van der Waals surface area contributed by atoms with Gasteiger partial charge in [0.2, 0.25) is 5.91 Å². The van der Waals surface area contributed by atoms with Gasteiger partial charge >= 0.3 is 12.3 Å². The Bertz CT molecular complexity index is 626. The minimum atomic E-state index is -4.57. The molecule has 1 aliphatic rings. The second-order valence-electron chi connectivity index (χ2n) is 6.21. The lowest BCUT2D eigenvalue weighted by Gasteiger charge is -2.31. The molecule has 5 nitrogen and oxygen atoms in total. The van der Waals surface area contributed by atoms with E-state index in [-0.39, 0.29) is 36.8 Å². The van der Waals surface area contributed by atoms with Gasteiger partial charge in [0, 0.05) is 19.0 Å². The molecule has 0 saturated carbocycles. The molecule has 9 heteroatoms. The molecule has 1 unspecified atom stereocenters. The van der Waals surface area contributed by atoms with E-state index in [1.165, 1.54) is 17.0 Å². The first-order chi connectivity index (χ1) is 12.2. The van der Waals surface area contributed by atoms with Crippen molar-refractivity contribution >= 4 is 12.0 Å². The zero-order valence-corrected chi connectivity index (χ0v) is 14.2. The van der Waals surface area contributed by atoms with E-state index in [0.717, 1.165) is 5.56 Å². The minimum absolute atomic E-state index is 0.152. The molecule has 0 bridgehead atoms. The number of likely N-dealkylation sites (tertiary alicyclic amines) is 1. The van der Waals surface area contributed by atoms with Crippen LogP contribution in [0.4, 0.5) is 22.4 Å². The number of nitrogens with zero attached hydrogens (tertiary/aromatic N) is 1. The van der Waals surface area contributed by atoms with Crippen molar-refractivity contribution in [2.45, 2.75) is 32.0 Å². The Morgan fingerprint density at radius 1 is 1.23 bits per heavy atom. The zero-order valence-electron chi connectivity index (χ0n) is 14.2. The Balaban J connectivity index is 1.79. The zero-order chi connectivity index (χ0) is 19.3. The maximum atomic E-state index is 12.9. The lowest BCUT2D eigenvalue weighted by atomic mass is 9.95. The standard InChI is InChI=1S/C17H20F4N2O3/c1-11(12-2-4-14(18)5-3-12)22-15(24)13-6-8-23(9-7-13)16(25)26-10-17(19,20)21/h2-5,11,13H,6-10H2,1H3,(H,22,24). The van der Waals surface area contributed by atoms with Crippen LogP contribution in [-0.2, 0) is 9.53 Å². The molecule has 0 aromatic heterocycles. The highest BCUT2D eigenvalue weighted by molar-refractivity contribution is 5.79. The Morgan fingerprint density at radius 3 is 2.35 bits per heavy atom. The van der Waals surface area contributed by atoms with Gasteiger partial charge in [-0.2, -0.15) is 13.2 Å². The molecule has 26 heavy (non-hydrogen) atoms. The van der Waals surface area contributed by atoms with Crippen molar-refractivity contribution in [3.8, 4) is 0 Å². The Morgan fingerprint density at radius 2 is 1.81 bits per heavy atom. The van der Waals surface area contributed by atoms with Gasteiger partial charge in [-0.05, 0) is 37.5 Å². The van der Waals surface area contributed by atoms with Crippen LogP contribution in [0, 0.1) is 11.7 Å². The first-order valence-corrected chi connectivity index (χ1v) is 8.20. The van der Waals surface area contributed by atoms with E-state index in [2.05, 4.69) is 10.1 Å². The molecule has 2 rings (SSSR count). The Kier molecular flexibility index (Phi) is 6.44. The molecule has 2 amide bonds. The summed E-state index contributed by atoms with van der Waals surface area (Å²) >= 11 is 0. The maximum absolute atomic E-state index is 12.9. The predicted octanol–water partition coefficient (Wildman–Crippen LogP) is 3.41. The topological polar surface area (TPSA) is 58.6 Å². The van der Waals surface area contributed by atoms with Crippen LogP contribution in [-0.4, -0.2) is 42.8 Å². The first-order valence-electron chi connectivity index (χ1n) is 8.20. The third-order valence-corrected chi connectivity index (χ3v) is 4.21. The van der Waals surface area contributed by atoms with Gasteiger partial charge in [-0.3, -0.25) is 4.79 Å². The molecule has 0 radical (unpaired) electrons. The summed E-state index contributed by atoms with van der Waals surface area (Å²) in [5.41, 5.74) is 0.757. The molecule has 0 spiro atoms. The average molecular weight is 376 g/mol. The summed E-state index contributed by atoms with van der Waals surface area (Å²) in [6.45, 7) is 0.454. The lowest BCUT2D eigenvalue weighted by Crippen LogP contribution is -2.44. The van der Waals surface area contributed by atoms with E-state index in [9.17, 15) is 27.2 Å². The summed E-state index contributed by atoms with van der Waals surface area (Å²) in [6, 6.07) is 5.48. The third kappa shape index (κ3) is 5.89. The van der Waals surface area contributed by atoms with Gasteiger partial charge in [-0.25, -0.2) is 9.18 Å². The third-order valence-electron chi connectivity index (χ3n) is 4.21. The molecular weight excluding hydrogens is 356 g/mol. The summed E-state index contributed by atoms with van der Waals surface area (Å²) in [7, 11) is 0. The van der Waals surface area contributed by atoms with Crippen molar-refractivity contribution < 1.29 is 31.9 Å². The maximum Gasteiger partial charge on any atom is 0.422 e. The SMILES string of the molecule is CC(NC(=O)C1CCN(C(=O)OCC(F)(F)F)CC1)c1ccc(F)cc1. The van der Waals surface area contributed by atoms with E-state index in [1.54, 1.807) is 19.1 Å². The van der Waals surface area contributed by atoms with Gasteiger partial charge in [0.05, 0.1) is 6.04 Å². The van der Waals surface area contributed by atoms with Gasteiger partial charge in [0.1, 0.15) is 5.82 Å². The number of benzene rings is 1. The molecule has 144 valence electrons. The van der Waals surface area contributed by atoms with Gasteiger partial charge in [-0.1, -0.05) is 12.1 Å². The molecule has 1 aromatic rings. The number of piperidine rings is 1. The highest BCUT2D eigenvalue weighted by atomic mass is 19.4. The van der Waals surface area contributed by atoms with E-state index in [0.29, 0.717) is 12.8 Å². The van der Waals surface area contributed by atoms with Crippen molar-refractivity contribution in [2.24, 2.45) is 5.92 Å². The van der Waals surface area contributed by atoms with Crippen LogP contribution in [0.15, 0.2) is 24.3 Å². The second-order valence-corrected chi connectivity index (χ2v) is 6.21. The number of rotatable bonds is 4. The molecule has 1 aromatic carbocycles. The van der Waals surface area contributed by atoms with Crippen LogP contribution in [0.1, 0.15) is 31.4 Å². The van der Waals surface area contributed by atoms with E-state index >= 15 is 0 Å². The summed E-state index contributed by atoms with van der Waals surface area (Å²) in [5, 5.41) is 2.83. The van der Waals surface area contributed by atoms with Gasteiger partial charge in [0.15, 0.2) is 6.61 Å². The molecule has 1 saturated heterocycles. The molecule has 1 N–H and O–H groups in total. The number of alkyl halides is 3. The largest absolute Gasteiger partial charge is 0.440 e. The van der Waals surface area contributed by atoms with Crippen molar-refractivity contribution in [2.75, 3.05) is 19.7 Å². The molecule has 1 aliphatic heterocycles. The van der Waals surface area contributed by atoms with Crippen molar-refractivity contribution in [3.63, 3.8) is 0 Å². The van der Waals surface area contributed by atoms with Crippen LogP contribution < -0.4 is 5.32 Å². The van der Waals surface area contributed by atoms with Gasteiger partial charge in [0.25, 0.3) is 0 Å². The fraction of sp³-hybridized carbons (Fsp3) is 0.529. The summed E-state index contributed by atoms with van der Waals surface area (Å²) in [4.78, 5) is 25.1. The molecule has 1 atom stereocenters. The van der Waals surface area contributed by atoms with E-state index in [1.807, 2.05) is 0 Å². The Hall–Kier alpha value is -2.32. The van der Waals surface area contributed by atoms with Crippen molar-refractivity contribution in [1.29, 1.82) is 0 Å². The first kappa shape index (κ1) is 20.0. The number of amides is 2. The van der Waals surface area contributed by atoms with E-state index in [4.69, 9.17) is 0 Å². The van der Waals surface area contributed by atoms with Crippen molar-refractivity contribution in [1.82, 2.24) is 10.2 Å². The minimum Gasteiger partial charge on any atom is -0.440 e. The molecule has 1 heterocycles. The van der Waals surface area contributed by atoms with Crippen LogP contribution in [0.3, 0.4) is 0 Å². The molecule has 1 fully saturated rings. The van der Waals surface area contributed by atoms with Crippen LogP contribution >= 0.6 is 0 Å². The number of carbonyl (C=O) groups excluding carboxylic acids is 2. The van der Waals surface area contributed by atoms with Crippen molar-refractivity contribution in [3.05, 3.63) is 35.6 Å². The summed E-state index contributed by atoms with van der Waals surface area (Å²) in [6.07, 6.45) is -4.92. The smallest absolute Gasteiger partial charge is 0.422 e. The summed E-state index contributed by atoms with van der Waals surface area (Å²) in [5.74, 6) is -0.910. The number of nitrogens with one attached hydrogen (secondary N) is 1. The Labute approximate surface area is 148 Å². The lowest BCUT2D eigenvalue weighted by molar-refractivity contribution is -0.162. The highest BCUT2D eigenvalue weighted by Crippen LogP contribution is 2.21. The van der Waals surface area contributed by atoms with Crippen LogP contribution in [0.5, 0.6) is 0 Å². The number of carbonyl (C=O) groups is 2. The number of ether oxygens (including phenoxy) is 1. The van der Waals surface area contributed by atoms with E-state index < -0.39 is 18.9 Å². The fourth-order valence-corrected chi connectivity index (χ4v) is 2.73. The number of halogens is 4. The van der Waals surface area contributed by atoms with Gasteiger partial charge in [-0.15, -0.1) is 0 Å². The fourth-order valence-electron chi connectivity index (χ4n) is 2.73. The monoisotopic (exact) mass is 376 g/mol. The van der Waals surface area contributed by atoms with Crippen LogP contribution in [0.25, 0.3) is 0 Å². The normalized spacial score (nSPS) is 16.9. The second kappa shape index (κ2) is 8.37. The molecular formula is C17H20F4N2O3. The average Bonchev–Trinajstić information content (AvgIpc) is 2.59. The number of hydrogen-bond donors (Lipinski definition) is 1.